The first-order valence-corrected chi connectivity index (χ1v) is 14.1. The van der Waals surface area contributed by atoms with Crippen molar-refractivity contribution in [3.8, 4) is 0 Å². The summed E-state index contributed by atoms with van der Waals surface area (Å²) in [5.41, 5.74) is 6.69. The molecule has 0 saturated heterocycles. The second-order valence-electron chi connectivity index (χ2n) is 11.4. The first-order valence-electron chi connectivity index (χ1n) is 14.1. The highest BCUT2D eigenvalue weighted by molar-refractivity contribution is 6.06. The summed E-state index contributed by atoms with van der Waals surface area (Å²) < 4.78 is 5.30. The molecule has 0 bridgehead atoms. The number of aromatic nitrogens is 2. The monoisotopic (exact) mass is 546 g/mol. The molecule has 7 rings (SSSR count). The lowest BCUT2D eigenvalue weighted by Crippen LogP contribution is -2.41. The van der Waals surface area contributed by atoms with Crippen LogP contribution in [0.15, 0.2) is 67.0 Å². The van der Waals surface area contributed by atoms with E-state index in [4.69, 9.17) is 9.72 Å². The molecule has 1 spiro atoms. The number of rotatable bonds is 5. The average Bonchev–Trinajstić information content (AvgIpc) is 3.63. The Morgan fingerprint density at radius 1 is 1.07 bits per heavy atom. The zero-order chi connectivity index (χ0) is 28.3. The molecule has 8 heteroatoms. The van der Waals surface area contributed by atoms with E-state index in [-0.39, 0.29) is 17.9 Å². The second kappa shape index (κ2) is 9.51. The molecule has 2 aromatic carbocycles. The van der Waals surface area contributed by atoms with E-state index in [0.29, 0.717) is 25.2 Å². The van der Waals surface area contributed by atoms with Crippen LogP contribution in [0.3, 0.4) is 0 Å². The van der Waals surface area contributed by atoms with E-state index >= 15 is 0 Å². The second-order valence-corrected chi connectivity index (χ2v) is 11.4. The minimum Gasteiger partial charge on any atom is -0.453 e. The Labute approximate surface area is 237 Å². The van der Waals surface area contributed by atoms with Gasteiger partial charge in [0.15, 0.2) is 6.10 Å². The van der Waals surface area contributed by atoms with Gasteiger partial charge in [-0.2, -0.15) is 0 Å². The Kier molecular flexibility index (Phi) is 5.89. The van der Waals surface area contributed by atoms with Crippen LogP contribution in [0.1, 0.15) is 59.7 Å². The highest BCUT2D eigenvalue weighted by atomic mass is 16.5. The average molecular weight is 547 g/mol. The molecule has 4 aromatic rings. The van der Waals surface area contributed by atoms with Gasteiger partial charge >= 0.3 is 5.97 Å². The summed E-state index contributed by atoms with van der Waals surface area (Å²) in [4.78, 5) is 49.4. The molecule has 41 heavy (non-hydrogen) atoms. The summed E-state index contributed by atoms with van der Waals surface area (Å²) in [6.07, 6.45) is 5.56. The Morgan fingerprint density at radius 3 is 2.71 bits per heavy atom. The number of esters is 1. The van der Waals surface area contributed by atoms with Crippen LogP contribution in [0.2, 0.25) is 0 Å². The van der Waals surface area contributed by atoms with Crippen molar-refractivity contribution >= 4 is 34.5 Å². The Morgan fingerprint density at radius 2 is 1.88 bits per heavy atom. The van der Waals surface area contributed by atoms with Gasteiger partial charge in [-0.1, -0.05) is 30.3 Å². The highest BCUT2D eigenvalue weighted by Crippen LogP contribution is 2.47. The van der Waals surface area contributed by atoms with Crippen molar-refractivity contribution in [2.75, 3.05) is 5.32 Å². The number of hydrogen-bond acceptors (Lipinski definition) is 6. The number of pyridine rings is 2. The van der Waals surface area contributed by atoms with E-state index in [9.17, 15) is 14.4 Å². The van der Waals surface area contributed by atoms with Crippen LogP contribution in [0, 0.1) is 0 Å². The molecular weight excluding hydrogens is 516 g/mol. The third kappa shape index (κ3) is 4.17. The number of carbonyl (C=O) groups is 3. The number of nitrogens with zero attached hydrogens (tertiary/aromatic N) is 3. The lowest BCUT2D eigenvalue weighted by molar-refractivity contribution is -0.159. The summed E-state index contributed by atoms with van der Waals surface area (Å²) >= 11 is 0. The van der Waals surface area contributed by atoms with Crippen LogP contribution in [-0.2, 0) is 50.3 Å². The fraction of sp³-hybridized carbons (Fsp3) is 0.303. The molecule has 3 aliphatic rings. The molecule has 0 fully saturated rings. The van der Waals surface area contributed by atoms with E-state index in [0.717, 1.165) is 51.6 Å². The van der Waals surface area contributed by atoms with Crippen LogP contribution in [-0.4, -0.2) is 38.8 Å². The van der Waals surface area contributed by atoms with Gasteiger partial charge in [0.25, 0.3) is 5.91 Å². The van der Waals surface area contributed by atoms with Gasteiger partial charge in [0, 0.05) is 36.8 Å². The first kappa shape index (κ1) is 25.4. The summed E-state index contributed by atoms with van der Waals surface area (Å²) in [6.45, 7) is 3.29. The SMILES string of the molecule is CC(=O)OC(C)C(=O)N(Cc1cnc2cc3c(cc2c1)C[C@@]1(C3)C(=O)Nc2ncccc21)C1CCc2ccccc21. The smallest absolute Gasteiger partial charge is 0.303 e. The number of anilines is 1. The van der Waals surface area contributed by atoms with Crippen molar-refractivity contribution in [2.45, 2.75) is 63.6 Å². The van der Waals surface area contributed by atoms with Gasteiger partial charge in [-0.15, -0.1) is 0 Å². The molecule has 206 valence electrons. The van der Waals surface area contributed by atoms with Crippen molar-refractivity contribution in [3.05, 3.63) is 100 Å². The first-order chi connectivity index (χ1) is 19.8. The predicted octanol–water partition coefficient (Wildman–Crippen LogP) is 4.59. The molecule has 1 aliphatic heterocycles. The summed E-state index contributed by atoms with van der Waals surface area (Å²) in [5.74, 6) is -0.0621. The van der Waals surface area contributed by atoms with Crippen molar-refractivity contribution in [2.24, 2.45) is 0 Å². The quantitative estimate of drug-likeness (QED) is 0.368. The van der Waals surface area contributed by atoms with Crippen molar-refractivity contribution < 1.29 is 19.1 Å². The topological polar surface area (TPSA) is 101 Å². The predicted molar refractivity (Wildman–Crippen MR) is 153 cm³/mol. The molecular formula is C33H30N4O4. The van der Waals surface area contributed by atoms with Gasteiger partial charge in [0.2, 0.25) is 5.91 Å². The number of aryl methyl sites for hydroxylation is 1. The normalized spacial score (nSPS) is 20.8. The number of ether oxygens (including phenoxy) is 1. The van der Waals surface area contributed by atoms with Gasteiger partial charge in [-0.05, 0) is 84.7 Å². The summed E-state index contributed by atoms with van der Waals surface area (Å²) in [7, 11) is 0. The van der Waals surface area contributed by atoms with Gasteiger partial charge < -0.3 is 15.0 Å². The lowest BCUT2D eigenvalue weighted by atomic mass is 9.79. The molecule has 2 aromatic heterocycles. The largest absolute Gasteiger partial charge is 0.453 e. The van der Waals surface area contributed by atoms with E-state index in [1.807, 2.05) is 35.4 Å². The van der Waals surface area contributed by atoms with Crippen LogP contribution in [0.5, 0.6) is 0 Å². The minimum atomic E-state index is -0.886. The number of carbonyl (C=O) groups excluding carboxylic acids is 3. The third-order valence-electron chi connectivity index (χ3n) is 8.84. The van der Waals surface area contributed by atoms with E-state index in [1.54, 1.807) is 13.1 Å². The van der Waals surface area contributed by atoms with E-state index in [2.05, 4.69) is 40.6 Å². The maximum absolute atomic E-state index is 13.7. The Balaban J connectivity index is 1.21. The van der Waals surface area contributed by atoms with E-state index < -0.39 is 17.5 Å². The van der Waals surface area contributed by atoms with Crippen LogP contribution in [0.4, 0.5) is 5.82 Å². The standard InChI is InChI=1S/C33H30N4O4/c1-19(41-20(2)38)31(39)37(29-10-9-22-6-3-4-7-26(22)29)18-21-12-23-13-24-15-33(16-25(24)14-28(23)35-17-21)27-8-5-11-34-30(27)36-32(33)40/h3-8,11-14,17,19,29H,9-10,15-16,18H2,1-2H3,(H,34,36,40)/t19?,29?,33-/m0/s1. The van der Waals surface area contributed by atoms with Crippen molar-refractivity contribution in [1.82, 2.24) is 14.9 Å². The Bertz CT molecular complexity index is 1750. The number of nitrogens with one attached hydrogen (secondary N) is 1. The van der Waals surface area contributed by atoms with E-state index in [1.165, 1.54) is 12.5 Å². The zero-order valence-corrected chi connectivity index (χ0v) is 23.0. The van der Waals surface area contributed by atoms with Crippen LogP contribution < -0.4 is 5.32 Å². The maximum atomic E-state index is 13.7. The molecule has 0 radical (unpaired) electrons. The molecule has 3 heterocycles. The third-order valence-corrected chi connectivity index (χ3v) is 8.84. The molecule has 0 saturated carbocycles. The highest BCUT2D eigenvalue weighted by Gasteiger charge is 2.51. The van der Waals surface area contributed by atoms with Crippen molar-refractivity contribution in [3.63, 3.8) is 0 Å². The Hall–Kier alpha value is -4.59. The maximum Gasteiger partial charge on any atom is 0.303 e. The molecule has 8 nitrogen and oxygen atoms in total. The number of hydrogen-bond donors (Lipinski definition) is 1. The fourth-order valence-corrected chi connectivity index (χ4v) is 6.96. The number of fused-ring (bicyclic) bond motifs is 5. The number of amides is 2. The molecule has 2 unspecified atom stereocenters. The molecule has 2 aliphatic carbocycles. The summed E-state index contributed by atoms with van der Waals surface area (Å²) in [6, 6.07) is 18.3. The van der Waals surface area contributed by atoms with Crippen LogP contribution in [0.25, 0.3) is 10.9 Å². The van der Waals surface area contributed by atoms with Crippen molar-refractivity contribution in [1.29, 1.82) is 0 Å². The minimum absolute atomic E-state index is 0.00648. The van der Waals surface area contributed by atoms with Gasteiger partial charge in [0.1, 0.15) is 5.82 Å². The van der Waals surface area contributed by atoms with Gasteiger partial charge in [0.05, 0.1) is 17.0 Å². The van der Waals surface area contributed by atoms with Crippen LogP contribution >= 0.6 is 0 Å². The zero-order valence-electron chi connectivity index (χ0n) is 23.0. The lowest BCUT2D eigenvalue weighted by Gasteiger charge is -2.32. The molecule has 3 atom stereocenters. The van der Waals surface area contributed by atoms with Gasteiger partial charge in [-0.25, -0.2) is 4.98 Å². The molecule has 1 N–H and O–H groups in total. The fourth-order valence-electron chi connectivity index (χ4n) is 6.96. The molecule has 2 amide bonds. The van der Waals surface area contributed by atoms with Gasteiger partial charge in [-0.3, -0.25) is 19.4 Å². The summed E-state index contributed by atoms with van der Waals surface area (Å²) in [5, 5.41) is 3.94. The number of benzene rings is 2.